The molecular formula is C43H75O11P. The van der Waals surface area contributed by atoms with Gasteiger partial charge >= 0.3 is 19.8 Å². The Labute approximate surface area is 332 Å². The zero-order chi connectivity index (χ0) is 40.8. The molecule has 0 radical (unpaired) electrons. The van der Waals surface area contributed by atoms with Crippen LogP contribution in [0.3, 0.4) is 0 Å². The molecule has 0 fully saturated rings. The fourth-order valence-corrected chi connectivity index (χ4v) is 5.93. The number of aliphatic hydroxyl groups excluding tert-OH is 3. The minimum Gasteiger partial charge on any atom is -0.462 e. The van der Waals surface area contributed by atoms with Crippen molar-refractivity contribution in [2.75, 3.05) is 13.2 Å². The van der Waals surface area contributed by atoms with Crippen molar-refractivity contribution < 1.29 is 53.3 Å². The maximum Gasteiger partial charge on any atom is 0.469 e. The minimum absolute atomic E-state index is 0.0883. The first-order chi connectivity index (χ1) is 26.5. The van der Waals surface area contributed by atoms with Gasteiger partial charge in [0.25, 0.3) is 0 Å². The second-order valence-electron chi connectivity index (χ2n) is 14.2. The van der Waals surface area contributed by atoms with E-state index >= 15 is 0 Å². The highest BCUT2D eigenvalue weighted by molar-refractivity contribution is 7.46. The van der Waals surface area contributed by atoms with Crippen LogP contribution in [0.25, 0.3) is 0 Å². The quantitative estimate of drug-likeness (QED) is 0.0133. The number of allylic oxidation sites excluding steroid dienone is 8. The first-order valence-electron chi connectivity index (χ1n) is 20.9. The summed E-state index contributed by atoms with van der Waals surface area (Å²) in [7, 11) is -4.84. The molecule has 0 aliphatic heterocycles. The highest BCUT2D eigenvalue weighted by Gasteiger charge is 2.23. The summed E-state index contributed by atoms with van der Waals surface area (Å²) in [5.41, 5.74) is 0. The van der Waals surface area contributed by atoms with Gasteiger partial charge in [-0.2, -0.15) is 0 Å². The van der Waals surface area contributed by atoms with Gasteiger partial charge in [-0.05, 0) is 51.4 Å². The molecule has 0 aliphatic carbocycles. The van der Waals surface area contributed by atoms with Crippen molar-refractivity contribution in [3.63, 3.8) is 0 Å². The van der Waals surface area contributed by atoms with Crippen molar-refractivity contribution in [2.24, 2.45) is 0 Å². The average Bonchev–Trinajstić information content (AvgIpc) is 3.14. The second-order valence-corrected chi connectivity index (χ2v) is 15.4. The molecule has 0 aliphatic rings. The summed E-state index contributed by atoms with van der Waals surface area (Å²) in [5, 5.41) is 30.3. The van der Waals surface area contributed by atoms with E-state index in [9.17, 15) is 29.5 Å². The molecule has 0 saturated heterocycles. The maximum absolute atomic E-state index is 12.4. The SMILES string of the molecule is CCCCCCCC/C=C\CCCCCCCCCC(=O)O[C@H](COC(=O)CCC[C@@H](O)[C@H](O)/C=C/C=C/C=C\C=C\[C@H](O)CCCCC)COP(=O)(O)O. The van der Waals surface area contributed by atoms with Gasteiger partial charge in [0.05, 0.1) is 24.9 Å². The average molecular weight is 799 g/mol. The molecule has 0 amide bonds. The Morgan fingerprint density at radius 2 is 1.09 bits per heavy atom. The van der Waals surface area contributed by atoms with Gasteiger partial charge in [-0.25, -0.2) is 4.57 Å². The van der Waals surface area contributed by atoms with Crippen LogP contribution in [-0.4, -0.2) is 74.7 Å². The first-order valence-corrected chi connectivity index (χ1v) is 22.4. The minimum atomic E-state index is -4.84. The Kier molecular flexibility index (Phi) is 35.6. The third-order valence-electron chi connectivity index (χ3n) is 8.88. The fraction of sp³-hybridized carbons (Fsp3) is 0.721. The number of phosphoric ester groups is 1. The molecule has 0 rings (SSSR count). The molecule has 0 spiro atoms. The molecule has 5 N–H and O–H groups in total. The second kappa shape index (κ2) is 37.2. The molecular weight excluding hydrogens is 723 g/mol. The van der Waals surface area contributed by atoms with E-state index < -0.39 is 57.4 Å². The molecule has 55 heavy (non-hydrogen) atoms. The molecule has 0 bridgehead atoms. The molecule has 0 saturated carbocycles. The Morgan fingerprint density at radius 3 is 1.69 bits per heavy atom. The Hall–Kier alpha value is -2.37. The summed E-state index contributed by atoms with van der Waals surface area (Å²) < 4.78 is 26.2. The van der Waals surface area contributed by atoms with Crippen LogP contribution in [0.1, 0.15) is 162 Å². The monoisotopic (exact) mass is 799 g/mol. The van der Waals surface area contributed by atoms with Gasteiger partial charge in [-0.3, -0.25) is 14.1 Å². The van der Waals surface area contributed by atoms with E-state index in [-0.39, 0.29) is 25.7 Å². The lowest BCUT2D eigenvalue weighted by Gasteiger charge is -2.18. The number of ether oxygens (including phenoxy) is 2. The van der Waals surface area contributed by atoms with Crippen LogP contribution in [0.15, 0.2) is 60.8 Å². The van der Waals surface area contributed by atoms with Gasteiger partial charge in [0, 0.05) is 12.8 Å². The smallest absolute Gasteiger partial charge is 0.462 e. The topological polar surface area (TPSA) is 180 Å². The number of hydrogen-bond donors (Lipinski definition) is 5. The number of carbonyl (C=O) groups excluding carboxylic acids is 2. The van der Waals surface area contributed by atoms with Gasteiger partial charge in [-0.15, -0.1) is 0 Å². The number of rotatable bonds is 37. The highest BCUT2D eigenvalue weighted by Crippen LogP contribution is 2.36. The van der Waals surface area contributed by atoms with Crippen molar-refractivity contribution in [1.82, 2.24) is 0 Å². The van der Waals surface area contributed by atoms with Crippen LogP contribution in [0, 0.1) is 0 Å². The van der Waals surface area contributed by atoms with Crippen molar-refractivity contribution in [3.8, 4) is 0 Å². The zero-order valence-corrected chi connectivity index (χ0v) is 34.8. The van der Waals surface area contributed by atoms with Crippen LogP contribution in [0.4, 0.5) is 0 Å². The molecule has 0 aromatic rings. The number of hydrogen-bond acceptors (Lipinski definition) is 9. The maximum atomic E-state index is 12.4. The van der Waals surface area contributed by atoms with Crippen molar-refractivity contribution in [2.45, 2.75) is 186 Å². The van der Waals surface area contributed by atoms with Crippen LogP contribution in [0.5, 0.6) is 0 Å². The number of esters is 2. The molecule has 11 nitrogen and oxygen atoms in total. The number of phosphoric acid groups is 1. The Bertz CT molecular complexity index is 1130. The summed E-state index contributed by atoms with van der Waals surface area (Å²) in [6, 6.07) is 0. The van der Waals surface area contributed by atoms with Crippen LogP contribution in [0.2, 0.25) is 0 Å². The fourth-order valence-electron chi connectivity index (χ4n) is 5.57. The lowest BCUT2D eigenvalue weighted by Crippen LogP contribution is -2.29. The molecule has 0 heterocycles. The summed E-state index contributed by atoms with van der Waals surface area (Å²) in [6.07, 6.45) is 35.9. The van der Waals surface area contributed by atoms with Crippen LogP contribution in [-0.2, 0) is 28.2 Å². The summed E-state index contributed by atoms with van der Waals surface area (Å²) in [4.78, 5) is 42.9. The van der Waals surface area contributed by atoms with E-state index in [0.717, 1.165) is 57.8 Å². The number of carbonyl (C=O) groups is 2. The molecule has 0 aromatic heterocycles. The van der Waals surface area contributed by atoms with Gasteiger partial charge in [0.2, 0.25) is 0 Å². The predicted octanol–water partition coefficient (Wildman–Crippen LogP) is 9.43. The van der Waals surface area contributed by atoms with E-state index in [4.69, 9.17) is 19.3 Å². The lowest BCUT2D eigenvalue weighted by molar-refractivity contribution is -0.161. The molecule has 0 aromatic carbocycles. The van der Waals surface area contributed by atoms with Crippen molar-refractivity contribution >= 4 is 19.8 Å². The van der Waals surface area contributed by atoms with E-state index in [0.29, 0.717) is 6.42 Å². The van der Waals surface area contributed by atoms with Gasteiger partial charge < -0.3 is 34.6 Å². The Balaban J connectivity index is 4.26. The molecule has 12 heteroatoms. The third kappa shape index (κ3) is 38.3. The summed E-state index contributed by atoms with van der Waals surface area (Å²) >= 11 is 0. The summed E-state index contributed by atoms with van der Waals surface area (Å²) in [5.74, 6) is -1.22. The molecule has 318 valence electrons. The highest BCUT2D eigenvalue weighted by atomic mass is 31.2. The zero-order valence-electron chi connectivity index (χ0n) is 33.9. The third-order valence-corrected chi connectivity index (χ3v) is 9.36. The molecule has 0 unspecified atom stereocenters. The van der Waals surface area contributed by atoms with Gasteiger partial charge in [0.1, 0.15) is 6.61 Å². The standard InChI is InChI=1S/C43H75O11P/c1-3-5-7-8-9-10-11-12-13-14-15-16-17-18-19-24-28-34-43(48)54-39(37-53-55(49,50)51)36-52-42(47)35-29-33-41(46)40(45)32-27-23-21-20-22-26-31-38(44)30-25-6-4-2/h12-13,20-23,26-27,31-32,38-41,44-46H,3-11,14-19,24-25,28-30,33-37H2,1-2H3,(H2,49,50,51)/b13-12-,22-20-,23-21+,31-26+,32-27+/t38-,39-,40-,41-/m1/s1. The number of aliphatic hydroxyl groups is 3. The summed E-state index contributed by atoms with van der Waals surface area (Å²) in [6.45, 7) is 3.28. The Morgan fingerprint density at radius 1 is 0.582 bits per heavy atom. The van der Waals surface area contributed by atoms with Crippen LogP contribution < -0.4 is 0 Å². The molecule has 4 atom stereocenters. The largest absolute Gasteiger partial charge is 0.469 e. The van der Waals surface area contributed by atoms with E-state index in [2.05, 4.69) is 30.5 Å². The van der Waals surface area contributed by atoms with Crippen molar-refractivity contribution in [1.29, 1.82) is 0 Å². The normalized spacial score (nSPS) is 14.8. The first kappa shape index (κ1) is 52.6. The van der Waals surface area contributed by atoms with E-state index in [1.807, 2.05) is 0 Å². The predicted molar refractivity (Wildman–Crippen MR) is 220 cm³/mol. The van der Waals surface area contributed by atoms with Crippen molar-refractivity contribution in [3.05, 3.63) is 60.8 Å². The van der Waals surface area contributed by atoms with Gasteiger partial charge in [0.15, 0.2) is 6.10 Å². The number of unbranched alkanes of at least 4 members (excludes halogenated alkanes) is 15. The van der Waals surface area contributed by atoms with Gasteiger partial charge in [-0.1, -0.05) is 158 Å². The van der Waals surface area contributed by atoms with E-state index in [1.54, 1.807) is 42.5 Å². The van der Waals surface area contributed by atoms with Crippen LogP contribution >= 0.6 is 7.82 Å². The van der Waals surface area contributed by atoms with E-state index in [1.165, 1.54) is 63.9 Å². The lowest BCUT2D eigenvalue weighted by atomic mass is 10.1.